The molecule has 1 saturated heterocycles. The van der Waals surface area contributed by atoms with Crippen molar-refractivity contribution in [3.05, 3.63) is 23.8 Å². The number of hydrogen-bond donors (Lipinski definition) is 1. The van der Waals surface area contributed by atoms with Gasteiger partial charge in [0.2, 0.25) is 10.0 Å². The molecule has 1 N–H and O–H groups in total. The van der Waals surface area contributed by atoms with E-state index in [9.17, 15) is 26.7 Å². The molecule has 0 aromatic heterocycles. The number of aliphatic hydroxyl groups is 1. The minimum absolute atomic E-state index is 0.0614. The fraction of sp³-hybridized carbons (Fsp3) is 0.538. The molecule has 22 heavy (non-hydrogen) atoms. The summed E-state index contributed by atoms with van der Waals surface area (Å²) in [4.78, 5) is 1.61. The van der Waals surface area contributed by atoms with Gasteiger partial charge in [-0.3, -0.25) is 4.31 Å². The van der Waals surface area contributed by atoms with Crippen LogP contribution in [0.5, 0.6) is 0 Å². The van der Waals surface area contributed by atoms with E-state index in [1.54, 1.807) is 4.90 Å². The van der Waals surface area contributed by atoms with E-state index in [1.165, 1.54) is 13.1 Å². The van der Waals surface area contributed by atoms with Crippen molar-refractivity contribution in [3.8, 4) is 0 Å². The molecule has 1 aliphatic heterocycles. The van der Waals surface area contributed by atoms with Crippen LogP contribution >= 0.6 is 0 Å². The maximum absolute atomic E-state index is 13.0. The highest BCUT2D eigenvalue weighted by Gasteiger charge is 2.33. The van der Waals surface area contributed by atoms with Gasteiger partial charge < -0.3 is 10.0 Å². The van der Waals surface area contributed by atoms with Gasteiger partial charge >= 0.3 is 6.18 Å². The van der Waals surface area contributed by atoms with Crippen molar-refractivity contribution in [1.29, 1.82) is 0 Å². The molecule has 1 atom stereocenters. The molecule has 1 aliphatic rings. The summed E-state index contributed by atoms with van der Waals surface area (Å²) in [6, 6.07) is 3.16. The Hall–Kier alpha value is -1.48. The average molecular weight is 338 g/mol. The Balaban J connectivity index is 2.50. The number of sulfonamides is 1. The first-order valence-electron chi connectivity index (χ1n) is 6.57. The maximum Gasteiger partial charge on any atom is 0.416 e. The van der Waals surface area contributed by atoms with Gasteiger partial charge in [0.15, 0.2) is 0 Å². The summed E-state index contributed by atoms with van der Waals surface area (Å²) in [6.45, 7) is 0.647. The van der Waals surface area contributed by atoms with Crippen LogP contribution in [0.2, 0.25) is 0 Å². The Kier molecular flexibility index (Phi) is 4.31. The highest BCUT2D eigenvalue weighted by Crippen LogP contribution is 2.36. The van der Waals surface area contributed by atoms with Crippen LogP contribution in [0.15, 0.2) is 18.2 Å². The van der Waals surface area contributed by atoms with E-state index in [0.29, 0.717) is 13.0 Å². The van der Waals surface area contributed by atoms with Gasteiger partial charge in [-0.1, -0.05) is 0 Å². The molecule has 1 unspecified atom stereocenters. The van der Waals surface area contributed by atoms with E-state index >= 15 is 0 Å². The first-order valence-corrected chi connectivity index (χ1v) is 8.42. The molecule has 1 aromatic rings. The second kappa shape index (κ2) is 5.62. The number of hydrogen-bond acceptors (Lipinski definition) is 4. The minimum Gasteiger partial charge on any atom is -0.391 e. The Morgan fingerprint density at radius 3 is 2.41 bits per heavy atom. The Morgan fingerprint density at radius 2 is 1.95 bits per heavy atom. The normalized spacial score (nSPS) is 19.5. The molecule has 1 heterocycles. The predicted octanol–water partition coefficient (Wildman–Crippen LogP) is 1.67. The van der Waals surface area contributed by atoms with Crippen molar-refractivity contribution < 1.29 is 26.7 Å². The molecule has 9 heteroatoms. The van der Waals surface area contributed by atoms with Crippen molar-refractivity contribution in [3.63, 3.8) is 0 Å². The quantitative estimate of drug-likeness (QED) is 0.911. The summed E-state index contributed by atoms with van der Waals surface area (Å²) < 4.78 is 63.0. The number of alkyl halides is 3. The van der Waals surface area contributed by atoms with E-state index in [4.69, 9.17) is 0 Å². The van der Waals surface area contributed by atoms with Gasteiger partial charge in [0.25, 0.3) is 0 Å². The summed E-state index contributed by atoms with van der Waals surface area (Å²) in [5, 5.41) is 9.53. The van der Waals surface area contributed by atoms with Gasteiger partial charge in [0, 0.05) is 25.8 Å². The summed E-state index contributed by atoms with van der Waals surface area (Å²) in [5.74, 6) is 0. The predicted molar refractivity (Wildman–Crippen MR) is 77.5 cm³/mol. The number of aliphatic hydroxyl groups excluding tert-OH is 1. The lowest BCUT2D eigenvalue weighted by molar-refractivity contribution is -0.137. The van der Waals surface area contributed by atoms with E-state index < -0.39 is 27.9 Å². The first kappa shape index (κ1) is 16.9. The SMILES string of the molecule is CN(c1cc(N2CCC(O)C2)cc(C(F)(F)F)c1)S(C)(=O)=O. The lowest BCUT2D eigenvalue weighted by atomic mass is 10.1. The zero-order valence-corrected chi connectivity index (χ0v) is 12.9. The van der Waals surface area contributed by atoms with Gasteiger partial charge in [-0.2, -0.15) is 13.2 Å². The van der Waals surface area contributed by atoms with Gasteiger partial charge in [-0.15, -0.1) is 0 Å². The van der Waals surface area contributed by atoms with Crippen LogP contribution in [0, 0.1) is 0 Å². The lowest BCUT2D eigenvalue weighted by Crippen LogP contribution is -2.27. The van der Waals surface area contributed by atoms with E-state index in [1.807, 2.05) is 0 Å². The van der Waals surface area contributed by atoms with Crippen LogP contribution in [0.3, 0.4) is 0 Å². The molecule has 2 rings (SSSR count). The standard InChI is InChI=1S/C13H17F3N2O3S/c1-17(22(2,20)21)10-5-9(13(14,15)16)6-11(7-10)18-4-3-12(19)8-18/h5-7,12,19H,3-4,8H2,1-2H3. The number of halogens is 3. The summed E-state index contributed by atoms with van der Waals surface area (Å²) in [5.41, 5.74) is -0.734. The van der Waals surface area contributed by atoms with Gasteiger partial charge in [-0.05, 0) is 24.6 Å². The molecule has 1 fully saturated rings. The largest absolute Gasteiger partial charge is 0.416 e. The summed E-state index contributed by atoms with van der Waals surface area (Å²) in [7, 11) is -2.47. The molecule has 0 saturated carbocycles. The Bertz CT molecular complexity index is 661. The molecule has 1 aromatic carbocycles. The number of benzene rings is 1. The van der Waals surface area contributed by atoms with Gasteiger partial charge in [0.05, 0.1) is 23.6 Å². The third-order valence-electron chi connectivity index (χ3n) is 3.62. The van der Waals surface area contributed by atoms with Gasteiger partial charge in [-0.25, -0.2) is 8.42 Å². The topological polar surface area (TPSA) is 60.9 Å². The third kappa shape index (κ3) is 3.64. The summed E-state index contributed by atoms with van der Waals surface area (Å²) >= 11 is 0. The summed E-state index contributed by atoms with van der Waals surface area (Å²) in [6.07, 6.45) is -3.78. The highest BCUT2D eigenvalue weighted by atomic mass is 32.2. The van der Waals surface area contributed by atoms with Crippen molar-refractivity contribution >= 4 is 21.4 Å². The fourth-order valence-corrected chi connectivity index (χ4v) is 2.78. The molecule has 5 nitrogen and oxygen atoms in total. The second-order valence-corrected chi connectivity index (χ2v) is 7.37. The number of rotatable bonds is 3. The second-order valence-electron chi connectivity index (χ2n) is 5.35. The van der Waals surface area contributed by atoms with Crippen molar-refractivity contribution in [2.24, 2.45) is 0 Å². The molecule has 0 bridgehead atoms. The third-order valence-corrected chi connectivity index (χ3v) is 4.83. The first-order chi connectivity index (χ1) is 9.98. The van der Waals surface area contributed by atoms with Crippen LogP contribution in [0.4, 0.5) is 24.5 Å². The zero-order chi connectivity index (χ0) is 16.7. The van der Waals surface area contributed by atoms with Crippen LogP contribution < -0.4 is 9.21 Å². The van der Waals surface area contributed by atoms with Crippen molar-refractivity contribution in [2.75, 3.05) is 35.6 Å². The monoisotopic (exact) mass is 338 g/mol. The molecule has 0 amide bonds. The van der Waals surface area contributed by atoms with Crippen LogP contribution in [-0.2, 0) is 16.2 Å². The Morgan fingerprint density at radius 1 is 1.32 bits per heavy atom. The molecular weight excluding hydrogens is 321 g/mol. The van der Waals surface area contributed by atoms with Crippen molar-refractivity contribution in [1.82, 2.24) is 0 Å². The van der Waals surface area contributed by atoms with Crippen LogP contribution in [-0.4, -0.2) is 46.0 Å². The lowest BCUT2D eigenvalue weighted by Gasteiger charge is -2.24. The fourth-order valence-electron chi connectivity index (χ4n) is 2.29. The van der Waals surface area contributed by atoms with Crippen LogP contribution in [0.1, 0.15) is 12.0 Å². The van der Waals surface area contributed by atoms with Crippen molar-refractivity contribution in [2.45, 2.75) is 18.7 Å². The average Bonchev–Trinajstić information content (AvgIpc) is 2.82. The molecule has 0 spiro atoms. The maximum atomic E-state index is 13.0. The number of nitrogens with zero attached hydrogens (tertiary/aromatic N) is 2. The van der Waals surface area contributed by atoms with E-state index in [-0.39, 0.29) is 17.9 Å². The number of anilines is 2. The minimum atomic E-state index is -4.58. The number of β-amino-alcohol motifs (C(OH)–C–C–N with tert-alkyl or cyclic N) is 1. The molecular formula is C13H17F3N2O3S. The molecule has 0 radical (unpaired) electrons. The Labute approximate surface area is 127 Å². The highest BCUT2D eigenvalue weighted by molar-refractivity contribution is 7.92. The molecule has 124 valence electrons. The van der Waals surface area contributed by atoms with E-state index in [0.717, 1.165) is 22.7 Å². The van der Waals surface area contributed by atoms with E-state index in [2.05, 4.69) is 0 Å². The zero-order valence-electron chi connectivity index (χ0n) is 12.1. The van der Waals surface area contributed by atoms with Crippen LogP contribution in [0.25, 0.3) is 0 Å². The molecule has 0 aliphatic carbocycles. The van der Waals surface area contributed by atoms with Gasteiger partial charge in [0.1, 0.15) is 0 Å². The smallest absolute Gasteiger partial charge is 0.391 e.